The predicted molar refractivity (Wildman–Crippen MR) is 93.4 cm³/mol. The lowest BCUT2D eigenvalue weighted by Gasteiger charge is -2.13. The third-order valence-corrected chi connectivity index (χ3v) is 4.24. The molecule has 1 aromatic heterocycles. The Balaban J connectivity index is 2.25. The van der Waals surface area contributed by atoms with Crippen LogP contribution in [0.5, 0.6) is 0 Å². The minimum absolute atomic E-state index is 0.252. The first-order chi connectivity index (χ1) is 11.0. The van der Waals surface area contributed by atoms with Gasteiger partial charge in [-0.25, -0.2) is 4.79 Å². The number of carbonyl (C=O) groups is 1. The van der Waals surface area contributed by atoms with Crippen LogP contribution < -0.4 is 5.43 Å². The predicted octanol–water partition coefficient (Wildman–Crippen LogP) is 4.16. The Labute approximate surface area is 145 Å². The van der Waals surface area contributed by atoms with Crippen molar-refractivity contribution in [2.45, 2.75) is 6.54 Å². The van der Waals surface area contributed by atoms with Crippen LogP contribution in [0.15, 0.2) is 57.9 Å². The van der Waals surface area contributed by atoms with Gasteiger partial charge in [-0.1, -0.05) is 39.7 Å². The molecule has 3 aromatic rings. The largest absolute Gasteiger partial charge is 0.477 e. The second-order valence-corrected chi connectivity index (χ2v) is 6.45. The van der Waals surface area contributed by atoms with Crippen LogP contribution in [0.3, 0.4) is 0 Å². The molecule has 0 saturated heterocycles. The number of benzene rings is 2. The molecule has 0 aliphatic heterocycles. The summed E-state index contributed by atoms with van der Waals surface area (Å²) in [5.41, 5.74) is 0.846. The summed E-state index contributed by atoms with van der Waals surface area (Å²) in [7, 11) is 0. The van der Waals surface area contributed by atoms with E-state index in [0.717, 1.165) is 10.0 Å². The van der Waals surface area contributed by atoms with Crippen molar-refractivity contribution in [2.24, 2.45) is 0 Å². The van der Waals surface area contributed by atoms with Gasteiger partial charge in [0.15, 0.2) is 0 Å². The molecule has 6 heteroatoms. The molecule has 0 bridgehead atoms. The Kier molecular flexibility index (Phi) is 4.24. The monoisotopic (exact) mass is 391 g/mol. The van der Waals surface area contributed by atoms with Crippen molar-refractivity contribution >= 4 is 44.4 Å². The molecular formula is C17H11BrClNO3. The van der Waals surface area contributed by atoms with Crippen molar-refractivity contribution in [1.82, 2.24) is 4.57 Å². The molecule has 4 nitrogen and oxygen atoms in total. The normalized spacial score (nSPS) is 10.9. The van der Waals surface area contributed by atoms with Gasteiger partial charge in [-0.3, -0.25) is 4.79 Å². The third-order valence-electron chi connectivity index (χ3n) is 3.51. The first-order valence-electron chi connectivity index (χ1n) is 6.76. The van der Waals surface area contributed by atoms with Crippen molar-refractivity contribution in [1.29, 1.82) is 0 Å². The third kappa shape index (κ3) is 3.16. The van der Waals surface area contributed by atoms with Gasteiger partial charge in [-0.2, -0.15) is 0 Å². The number of pyridine rings is 1. The zero-order chi connectivity index (χ0) is 16.6. The number of aromatic nitrogens is 1. The minimum Gasteiger partial charge on any atom is -0.477 e. The Morgan fingerprint density at radius 2 is 2.00 bits per heavy atom. The molecule has 0 saturated carbocycles. The first kappa shape index (κ1) is 15.8. The van der Waals surface area contributed by atoms with Crippen molar-refractivity contribution in [3.05, 3.63) is 79.5 Å². The van der Waals surface area contributed by atoms with Gasteiger partial charge >= 0.3 is 5.97 Å². The molecule has 0 amide bonds. The molecule has 0 spiro atoms. The second-order valence-electron chi connectivity index (χ2n) is 5.10. The first-order valence-corrected chi connectivity index (χ1v) is 7.93. The number of carboxylic acids is 1. The van der Waals surface area contributed by atoms with Gasteiger partial charge in [-0.15, -0.1) is 0 Å². The summed E-state index contributed by atoms with van der Waals surface area (Å²) in [4.78, 5) is 23.7. The van der Waals surface area contributed by atoms with Crippen LogP contribution in [-0.2, 0) is 6.54 Å². The van der Waals surface area contributed by atoms with E-state index >= 15 is 0 Å². The van der Waals surface area contributed by atoms with E-state index in [4.69, 9.17) is 11.6 Å². The maximum Gasteiger partial charge on any atom is 0.341 e. The topological polar surface area (TPSA) is 59.3 Å². The molecule has 0 unspecified atom stereocenters. The molecule has 0 atom stereocenters. The van der Waals surface area contributed by atoms with Gasteiger partial charge in [0, 0.05) is 27.6 Å². The molecular weight excluding hydrogens is 382 g/mol. The van der Waals surface area contributed by atoms with Crippen molar-refractivity contribution in [3.63, 3.8) is 0 Å². The van der Waals surface area contributed by atoms with Crippen LogP contribution in [0.4, 0.5) is 0 Å². The number of halogens is 2. The highest BCUT2D eigenvalue weighted by Gasteiger charge is 2.15. The molecule has 0 fully saturated rings. The molecule has 2 aromatic carbocycles. The average molecular weight is 393 g/mol. The Bertz CT molecular complexity index is 981. The van der Waals surface area contributed by atoms with Gasteiger partial charge in [0.1, 0.15) is 5.56 Å². The number of fused-ring (bicyclic) bond motifs is 1. The van der Waals surface area contributed by atoms with E-state index in [1.54, 1.807) is 22.8 Å². The SMILES string of the molecule is O=C(O)c1cn(Cc2cccc(Cl)c2)c2ccc(Br)cc2c1=O. The van der Waals surface area contributed by atoms with Crippen molar-refractivity contribution < 1.29 is 9.90 Å². The van der Waals surface area contributed by atoms with Crippen LogP contribution in [0.25, 0.3) is 10.9 Å². The van der Waals surface area contributed by atoms with Crippen LogP contribution in [-0.4, -0.2) is 15.6 Å². The zero-order valence-corrected chi connectivity index (χ0v) is 14.1. The highest BCUT2D eigenvalue weighted by atomic mass is 79.9. The van der Waals surface area contributed by atoms with E-state index in [0.29, 0.717) is 22.5 Å². The Hall–Kier alpha value is -2.11. The van der Waals surface area contributed by atoms with Gasteiger partial charge in [0.25, 0.3) is 0 Å². The van der Waals surface area contributed by atoms with Gasteiger partial charge in [0.05, 0.1) is 5.52 Å². The summed E-state index contributed by atoms with van der Waals surface area (Å²) in [6.45, 7) is 0.416. The fraction of sp³-hybridized carbons (Fsp3) is 0.0588. The molecule has 3 rings (SSSR count). The van der Waals surface area contributed by atoms with Gasteiger partial charge < -0.3 is 9.67 Å². The molecule has 116 valence electrons. The maximum atomic E-state index is 12.3. The summed E-state index contributed by atoms with van der Waals surface area (Å²) in [5, 5.41) is 10.3. The van der Waals surface area contributed by atoms with E-state index in [-0.39, 0.29) is 5.56 Å². The van der Waals surface area contributed by atoms with Gasteiger partial charge in [-0.05, 0) is 35.9 Å². The Morgan fingerprint density at radius 1 is 1.22 bits per heavy atom. The zero-order valence-electron chi connectivity index (χ0n) is 11.8. The fourth-order valence-corrected chi connectivity index (χ4v) is 3.06. The van der Waals surface area contributed by atoms with E-state index in [1.807, 2.05) is 24.3 Å². The molecule has 0 aliphatic carbocycles. The highest BCUT2D eigenvalue weighted by Crippen LogP contribution is 2.20. The summed E-state index contributed by atoms with van der Waals surface area (Å²) in [6, 6.07) is 12.6. The average Bonchev–Trinajstić information content (AvgIpc) is 2.50. The lowest BCUT2D eigenvalue weighted by atomic mass is 10.1. The number of aromatic carboxylic acids is 1. The van der Waals surface area contributed by atoms with Gasteiger partial charge in [0.2, 0.25) is 5.43 Å². The fourth-order valence-electron chi connectivity index (χ4n) is 2.48. The van der Waals surface area contributed by atoms with Crippen molar-refractivity contribution in [3.8, 4) is 0 Å². The van der Waals surface area contributed by atoms with E-state index in [1.165, 1.54) is 6.20 Å². The summed E-state index contributed by atoms with van der Waals surface area (Å²) in [6.07, 6.45) is 1.38. The summed E-state index contributed by atoms with van der Waals surface area (Å²) < 4.78 is 2.47. The number of hydrogen-bond donors (Lipinski definition) is 1. The quantitative estimate of drug-likeness (QED) is 0.728. The molecule has 0 aliphatic rings. The second kappa shape index (κ2) is 6.18. The van der Waals surface area contributed by atoms with E-state index in [9.17, 15) is 14.7 Å². The molecule has 23 heavy (non-hydrogen) atoms. The molecule has 1 heterocycles. The van der Waals surface area contributed by atoms with Crippen LogP contribution in [0, 0.1) is 0 Å². The molecule has 1 N–H and O–H groups in total. The van der Waals surface area contributed by atoms with E-state index in [2.05, 4.69) is 15.9 Å². The number of carboxylic acid groups (broad SMARTS) is 1. The lowest BCUT2D eigenvalue weighted by Crippen LogP contribution is -2.19. The van der Waals surface area contributed by atoms with Crippen LogP contribution in [0.2, 0.25) is 5.02 Å². The Morgan fingerprint density at radius 3 is 2.70 bits per heavy atom. The van der Waals surface area contributed by atoms with Crippen LogP contribution in [0.1, 0.15) is 15.9 Å². The number of rotatable bonds is 3. The highest BCUT2D eigenvalue weighted by molar-refractivity contribution is 9.10. The standard InChI is InChI=1S/C17H11BrClNO3/c18-11-4-5-15-13(7-11)16(21)14(17(22)23)9-20(15)8-10-2-1-3-12(19)6-10/h1-7,9H,8H2,(H,22,23). The molecule has 0 radical (unpaired) electrons. The number of hydrogen-bond acceptors (Lipinski definition) is 2. The van der Waals surface area contributed by atoms with Crippen LogP contribution >= 0.6 is 27.5 Å². The summed E-state index contributed by atoms with van der Waals surface area (Å²) in [5.74, 6) is -1.24. The maximum absolute atomic E-state index is 12.3. The lowest BCUT2D eigenvalue weighted by molar-refractivity contribution is 0.0695. The summed E-state index contributed by atoms with van der Waals surface area (Å²) >= 11 is 9.31. The number of nitrogens with zero attached hydrogens (tertiary/aromatic N) is 1. The minimum atomic E-state index is -1.24. The smallest absolute Gasteiger partial charge is 0.341 e. The van der Waals surface area contributed by atoms with Crippen molar-refractivity contribution in [2.75, 3.05) is 0 Å². The van der Waals surface area contributed by atoms with E-state index < -0.39 is 11.4 Å².